The van der Waals surface area contributed by atoms with Gasteiger partial charge in [-0.15, -0.1) is 0 Å². The molecule has 0 radical (unpaired) electrons. The van der Waals surface area contributed by atoms with E-state index in [9.17, 15) is 19.5 Å². The number of aliphatic hydroxyl groups is 1. The zero-order valence-corrected chi connectivity index (χ0v) is 23.1. The Morgan fingerprint density at radius 1 is 1.10 bits per heavy atom. The second-order valence-corrected chi connectivity index (χ2v) is 11.1. The predicted molar refractivity (Wildman–Crippen MR) is 146 cm³/mol. The molecule has 0 saturated carbocycles. The van der Waals surface area contributed by atoms with Crippen LogP contribution in [0.4, 0.5) is 5.69 Å². The fraction of sp³-hybridized carbons (Fsp3) is 0.516. The van der Waals surface area contributed by atoms with Gasteiger partial charge in [0.15, 0.2) is 0 Å². The Bertz CT molecular complexity index is 1240. The van der Waals surface area contributed by atoms with Gasteiger partial charge in [-0.05, 0) is 63.1 Å². The Balaban J connectivity index is 1.60. The van der Waals surface area contributed by atoms with Gasteiger partial charge in [-0.1, -0.05) is 55.5 Å². The van der Waals surface area contributed by atoms with Crippen molar-refractivity contribution in [2.24, 2.45) is 11.8 Å². The second-order valence-electron chi connectivity index (χ2n) is 11.1. The summed E-state index contributed by atoms with van der Waals surface area (Å²) in [7, 11) is 0. The van der Waals surface area contributed by atoms with Crippen molar-refractivity contribution in [1.82, 2.24) is 4.90 Å². The molecule has 2 unspecified atom stereocenters. The summed E-state index contributed by atoms with van der Waals surface area (Å²) in [6.45, 7) is 7.40. The maximum atomic E-state index is 14.4. The molecule has 6 atom stereocenters. The number of amides is 2. The Morgan fingerprint density at radius 3 is 2.41 bits per heavy atom. The van der Waals surface area contributed by atoms with E-state index in [4.69, 9.17) is 9.47 Å². The highest BCUT2D eigenvalue weighted by molar-refractivity contribution is 6.04. The molecule has 8 heteroatoms. The molecular formula is C31H38N2O6. The fourth-order valence-electron chi connectivity index (χ4n) is 7.28. The summed E-state index contributed by atoms with van der Waals surface area (Å²) in [6.07, 6.45) is 1.92. The molecule has 3 fully saturated rings. The first kappa shape index (κ1) is 27.3. The third-order valence-corrected chi connectivity index (χ3v) is 9.06. The molecule has 39 heavy (non-hydrogen) atoms. The third kappa shape index (κ3) is 4.25. The van der Waals surface area contributed by atoms with E-state index in [-0.39, 0.29) is 25.0 Å². The number of likely N-dealkylation sites (tertiary alicyclic amines) is 1. The van der Waals surface area contributed by atoms with E-state index < -0.39 is 41.1 Å². The number of hydrogen-bond acceptors (Lipinski definition) is 6. The summed E-state index contributed by atoms with van der Waals surface area (Å²) >= 11 is 0. The van der Waals surface area contributed by atoms with Crippen LogP contribution in [0.15, 0.2) is 48.5 Å². The number of rotatable bonds is 9. The summed E-state index contributed by atoms with van der Waals surface area (Å²) in [5, 5.41) is 13.7. The Kier molecular flexibility index (Phi) is 7.29. The SMILES string of the molecule is CCOC(=O)[C@@H]1[C@H]2C(=O)N([C@@H](CO)Cc3ccccc3)C(C(=O)Nc3c(C)cccc3C)C23CC[C@@]1(CC)O3. The van der Waals surface area contributed by atoms with Crippen LogP contribution in [0.1, 0.15) is 49.8 Å². The standard InChI is InChI=1S/C31H38N2O6/c1-5-30-15-16-31(39-30)23(24(30)29(37)38-6-2)28(36)33(22(18-34)17-21-13-8-7-9-14-21)26(31)27(35)32-25-19(3)11-10-12-20(25)4/h7-14,22-24,26,34H,5-6,15-18H2,1-4H3,(H,32,35)/t22-,23+,24+,26?,30-,31?/m1/s1. The summed E-state index contributed by atoms with van der Waals surface area (Å²) in [4.78, 5) is 43.5. The van der Waals surface area contributed by atoms with Crippen molar-refractivity contribution in [1.29, 1.82) is 0 Å². The van der Waals surface area contributed by atoms with E-state index in [0.29, 0.717) is 31.4 Å². The first-order valence-corrected chi connectivity index (χ1v) is 13.9. The van der Waals surface area contributed by atoms with Crippen molar-refractivity contribution in [3.8, 4) is 0 Å². The van der Waals surface area contributed by atoms with Gasteiger partial charge in [-0.3, -0.25) is 14.4 Å². The number of para-hydroxylation sites is 1. The highest BCUT2D eigenvalue weighted by atomic mass is 16.6. The van der Waals surface area contributed by atoms with Crippen molar-refractivity contribution in [2.75, 3.05) is 18.5 Å². The molecule has 208 valence electrons. The monoisotopic (exact) mass is 534 g/mol. The normalized spacial score (nSPS) is 29.8. The number of aryl methyl sites for hydroxylation is 2. The zero-order chi connectivity index (χ0) is 27.9. The van der Waals surface area contributed by atoms with Gasteiger partial charge in [-0.25, -0.2) is 0 Å². The molecule has 2 aromatic carbocycles. The van der Waals surface area contributed by atoms with Gasteiger partial charge in [-0.2, -0.15) is 0 Å². The van der Waals surface area contributed by atoms with E-state index in [0.717, 1.165) is 16.7 Å². The average Bonchev–Trinajstić information content (AvgIpc) is 3.54. The quantitative estimate of drug-likeness (QED) is 0.477. The average molecular weight is 535 g/mol. The van der Waals surface area contributed by atoms with Crippen LogP contribution >= 0.6 is 0 Å². The lowest BCUT2D eigenvalue weighted by Gasteiger charge is -2.37. The van der Waals surface area contributed by atoms with Gasteiger partial charge in [0.25, 0.3) is 0 Å². The van der Waals surface area contributed by atoms with Crippen LogP contribution < -0.4 is 5.32 Å². The van der Waals surface area contributed by atoms with Crippen LogP contribution in [0, 0.1) is 25.7 Å². The van der Waals surface area contributed by atoms with Crippen molar-refractivity contribution >= 4 is 23.5 Å². The molecule has 3 heterocycles. The summed E-state index contributed by atoms with van der Waals surface area (Å²) < 4.78 is 12.2. The van der Waals surface area contributed by atoms with Crippen LogP contribution in [0.25, 0.3) is 0 Å². The van der Waals surface area contributed by atoms with E-state index in [2.05, 4.69) is 5.32 Å². The number of anilines is 1. The van der Waals surface area contributed by atoms with E-state index in [1.54, 1.807) is 6.92 Å². The fourth-order valence-corrected chi connectivity index (χ4v) is 7.28. The molecule has 0 aromatic heterocycles. The number of ether oxygens (including phenoxy) is 2. The number of hydrogen-bond donors (Lipinski definition) is 2. The van der Waals surface area contributed by atoms with E-state index in [1.807, 2.05) is 69.3 Å². The minimum absolute atomic E-state index is 0.191. The van der Waals surface area contributed by atoms with Gasteiger partial charge < -0.3 is 24.8 Å². The summed E-state index contributed by atoms with van der Waals surface area (Å²) in [6, 6.07) is 13.7. The number of nitrogens with zero attached hydrogens (tertiary/aromatic N) is 1. The number of benzene rings is 2. The van der Waals surface area contributed by atoms with Crippen molar-refractivity contribution in [2.45, 2.75) is 76.7 Å². The highest BCUT2D eigenvalue weighted by Gasteiger charge is 2.79. The molecule has 3 saturated heterocycles. The maximum absolute atomic E-state index is 14.4. The first-order chi connectivity index (χ1) is 18.7. The van der Waals surface area contributed by atoms with Crippen molar-refractivity contribution < 1.29 is 29.0 Å². The number of carbonyl (C=O) groups is 3. The lowest BCUT2D eigenvalue weighted by atomic mass is 9.65. The number of esters is 1. The van der Waals surface area contributed by atoms with Gasteiger partial charge in [0.05, 0.1) is 30.8 Å². The van der Waals surface area contributed by atoms with Crippen molar-refractivity contribution in [3.05, 3.63) is 65.2 Å². The van der Waals surface area contributed by atoms with E-state index >= 15 is 0 Å². The summed E-state index contributed by atoms with van der Waals surface area (Å²) in [5.74, 6) is -2.83. The lowest BCUT2D eigenvalue weighted by molar-refractivity contribution is -0.161. The highest BCUT2D eigenvalue weighted by Crippen LogP contribution is 2.64. The van der Waals surface area contributed by atoms with Gasteiger partial charge in [0, 0.05) is 5.69 Å². The Morgan fingerprint density at radius 2 is 1.79 bits per heavy atom. The molecule has 8 nitrogen and oxygen atoms in total. The topological polar surface area (TPSA) is 105 Å². The zero-order valence-electron chi connectivity index (χ0n) is 23.1. The van der Waals surface area contributed by atoms with Gasteiger partial charge >= 0.3 is 5.97 Å². The number of aliphatic hydroxyl groups excluding tert-OH is 1. The largest absolute Gasteiger partial charge is 0.466 e. The predicted octanol–water partition coefficient (Wildman–Crippen LogP) is 3.56. The minimum atomic E-state index is -1.19. The molecule has 2 bridgehead atoms. The van der Waals surface area contributed by atoms with Gasteiger partial charge in [0.1, 0.15) is 17.6 Å². The smallest absolute Gasteiger partial charge is 0.312 e. The van der Waals surface area contributed by atoms with Crippen LogP contribution in [0.2, 0.25) is 0 Å². The molecule has 3 aliphatic rings. The number of nitrogens with one attached hydrogen (secondary N) is 1. The molecule has 0 aliphatic carbocycles. The van der Waals surface area contributed by atoms with Crippen molar-refractivity contribution in [3.63, 3.8) is 0 Å². The first-order valence-electron chi connectivity index (χ1n) is 13.9. The van der Waals surface area contributed by atoms with Crippen LogP contribution in [0.3, 0.4) is 0 Å². The van der Waals surface area contributed by atoms with Crippen LogP contribution in [-0.2, 0) is 30.3 Å². The van der Waals surface area contributed by atoms with Crippen LogP contribution in [0.5, 0.6) is 0 Å². The Hall–Kier alpha value is -3.23. The summed E-state index contributed by atoms with van der Waals surface area (Å²) in [5.41, 5.74) is 1.40. The number of carbonyl (C=O) groups excluding carboxylic acids is 3. The molecule has 3 aliphatic heterocycles. The maximum Gasteiger partial charge on any atom is 0.312 e. The Labute approximate surface area is 229 Å². The van der Waals surface area contributed by atoms with E-state index in [1.165, 1.54) is 4.90 Å². The molecule has 5 rings (SSSR count). The third-order valence-electron chi connectivity index (χ3n) is 9.06. The molecule has 2 aromatic rings. The molecular weight excluding hydrogens is 496 g/mol. The van der Waals surface area contributed by atoms with Gasteiger partial charge in [0.2, 0.25) is 11.8 Å². The minimum Gasteiger partial charge on any atom is -0.466 e. The second kappa shape index (κ2) is 10.4. The molecule has 2 amide bonds. The lowest BCUT2D eigenvalue weighted by Crippen LogP contribution is -2.57. The van der Waals surface area contributed by atoms with Crippen LogP contribution in [-0.4, -0.2) is 64.3 Å². The molecule has 2 N–H and O–H groups in total. The number of fused-ring (bicyclic) bond motifs is 1. The molecule has 1 spiro atoms.